The third-order valence-electron chi connectivity index (χ3n) is 16.1. The first-order valence-electron chi connectivity index (χ1n) is 28.3. The molecule has 454 valence electrons. The highest BCUT2D eigenvalue weighted by molar-refractivity contribution is 6.00. The van der Waals surface area contributed by atoms with Crippen molar-refractivity contribution >= 4 is 58.0 Å². The zero-order valence-corrected chi connectivity index (χ0v) is 47.4. The minimum Gasteiger partial charge on any atom is -0.508 e. The number of likely N-dealkylation sites (N-methyl/N-ethyl adjacent to an activating group) is 1. The van der Waals surface area contributed by atoms with E-state index in [1.165, 1.54) is 147 Å². The number of fused-ring (bicyclic) bond motifs is 14. The summed E-state index contributed by atoms with van der Waals surface area (Å²) in [5.74, 6) is -8.86. The number of anilines is 1. The lowest BCUT2D eigenvalue weighted by atomic mass is 9.94. The SMILES string of the molecule is CN1C(=O)[C@@H]2NC(=O)[C@@H]3NC(=O)[C@@H](c4ccc(O)cc4)NC(=O)[C@H](NC(=O)C(Nc4ccc(F)cc4)c4ccc(O)cc4)Cc4c[nH]c5cc(ccc45)-c4cc3cc(c4O)Oc3ccc(cc3)C[C@H]1C(=O)N[C@@H](C(=O)O)c1ccc(O)c(c1)Oc1ccc2cc1. The van der Waals surface area contributed by atoms with Gasteiger partial charge in [0.1, 0.15) is 65.1 Å². The average molecular weight is 1220 g/mol. The molecule has 0 spiro atoms. The van der Waals surface area contributed by atoms with Crippen LogP contribution in [0, 0.1) is 5.82 Å². The molecule has 6 aliphatic rings. The van der Waals surface area contributed by atoms with E-state index in [0.29, 0.717) is 38.8 Å². The molecule has 7 atom stereocenters. The molecule has 6 aliphatic heterocycles. The molecular weight excluding hydrogens is 1160 g/mol. The number of hydrogen-bond donors (Lipinski definition) is 12. The smallest absolute Gasteiger partial charge is 0.330 e. The van der Waals surface area contributed by atoms with Crippen molar-refractivity contribution in [2.24, 2.45) is 0 Å². The number of H-pyrrole nitrogens is 1. The van der Waals surface area contributed by atoms with Crippen LogP contribution in [0.5, 0.6) is 46.0 Å². The second-order valence-corrected chi connectivity index (χ2v) is 21.9. The first-order chi connectivity index (χ1) is 43.3. The molecule has 23 heteroatoms. The fourth-order valence-corrected chi connectivity index (χ4v) is 11.2. The van der Waals surface area contributed by atoms with Crippen LogP contribution in [-0.4, -0.2) is 96.0 Å². The fraction of sp³-hybridized carbons (Fsp3) is 0.149. The number of aromatic nitrogens is 1. The van der Waals surface area contributed by atoms with E-state index in [9.17, 15) is 44.3 Å². The lowest BCUT2D eigenvalue weighted by molar-refractivity contribution is -0.145. The van der Waals surface area contributed by atoms with Gasteiger partial charge in [-0.3, -0.25) is 28.8 Å². The van der Waals surface area contributed by atoms with Crippen LogP contribution in [0.1, 0.15) is 69.2 Å². The first-order valence-corrected chi connectivity index (χ1v) is 28.3. The number of phenolic OH excluding ortho intramolecular Hbond substituents is 4. The Morgan fingerprint density at radius 2 is 1.19 bits per heavy atom. The zero-order valence-electron chi connectivity index (χ0n) is 47.4. The van der Waals surface area contributed by atoms with Crippen molar-refractivity contribution in [3.63, 3.8) is 0 Å². The molecule has 1 aromatic heterocycles. The number of aromatic hydroxyl groups is 4. The fourth-order valence-electron chi connectivity index (χ4n) is 11.2. The summed E-state index contributed by atoms with van der Waals surface area (Å²) in [4.78, 5) is 109. The molecule has 0 radical (unpaired) electrons. The summed E-state index contributed by atoms with van der Waals surface area (Å²) in [5.41, 5.74) is 2.79. The van der Waals surface area contributed by atoms with Crippen LogP contribution >= 0.6 is 0 Å². The van der Waals surface area contributed by atoms with Gasteiger partial charge in [0.25, 0.3) is 0 Å². The normalized spacial score (nSPS) is 19.6. The van der Waals surface area contributed by atoms with Gasteiger partial charge < -0.3 is 76.8 Å². The molecule has 15 bridgehead atoms. The number of halogens is 1. The van der Waals surface area contributed by atoms with Crippen molar-refractivity contribution < 1.29 is 73.0 Å². The van der Waals surface area contributed by atoms with Crippen LogP contribution in [0.15, 0.2) is 176 Å². The maximum absolute atomic E-state index is 15.8. The molecule has 22 nitrogen and oxygen atoms in total. The summed E-state index contributed by atoms with van der Waals surface area (Å²) < 4.78 is 26.6. The molecule has 0 saturated carbocycles. The number of carboxylic acids is 1. The number of carbonyl (C=O) groups is 7. The molecule has 7 heterocycles. The Kier molecular flexibility index (Phi) is 15.7. The number of rotatable bonds is 7. The largest absolute Gasteiger partial charge is 0.508 e. The van der Waals surface area contributed by atoms with Crippen molar-refractivity contribution in [3.8, 4) is 57.1 Å². The van der Waals surface area contributed by atoms with Crippen LogP contribution in [0.3, 0.4) is 0 Å². The van der Waals surface area contributed by atoms with Crippen LogP contribution in [0.4, 0.5) is 10.1 Å². The maximum atomic E-state index is 15.8. The Labute approximate surface area is 510 Å². The van der Waals surface area contributed by atoms with Crippen molar-refractivity contribution in [1.82, 2.24) is 36.5 Å². The van der Waals surface area contributed by atoms with E-state index in [1.54, 1.807) is 36.5 Å². The molecule has 0 aliphatic carbocycles. The van der Waals surface area contributed by atoms with E-state index in [1.807, 2.05) is 0 Å². The van der Waals surface area contributed by atoms with E-state index in [0.717, 1.165) is 4.90 Å². The number of nitrogens with one attached hydrogen (secondary N) is 7. The van der Waals surface area contributed by atoms with E-state index < -0.39 is 95.3 Å². The number of carbonyl (C=O) groups excluding carboxylic acids is 6. The molecule has 6 amide bonds. The predicted molar refractivity (Wildman–Crippen MR) is 323 cm³/mol. The number of aromatic amines is 1. The number of hydrogen-bond acceptors (Lipinski definition) is 14. The van der Waals surface area contributed by atoms with Gasteiger partial charge in [-0.1, -0.05) is 66.7 Å². The second-order valence-electron chi connectivity index (χ2n) is 21.9. The molecular formula is C67H55FN8O14. The maximum Gasteiger partial charge on any atom is 0.330 e. The minimum absolute atomic E-state index is 0.0142. The van der Waals surface area contributed by atoms with Gasteiger partial charge >= 0.3 is 5.97 Å². The third-order valence-corrected chi connectivity index (χ3v) is 16.1. The van der Waals surface area contributed by atoms with Gasteiger partial charge in [-0.2, -0.15) is 0 Å². The number of phenols is 4. The quantitative estimate of drug-likeness (QED) is 0.0725. The summed E-state index contributed by atoms with van der Waals surface area (Å²) in [6.45, 7) is 0. The highest BCUT2D eigenvalue weighted by Crippen LogP contribution is 2.44. The van der Waals surface area contributed by atoms with E-state index in [-0.39, 0.29) is 80.9 Å². The van der Waals surface area contributed by atoms with Gasteiger partial charge in [-0.25, -0.2) is 9.18 Å². The number of ether oxygens (including phenoxy) is 2. The van der Waals surface area contributed by atoms with Crippen molar-refractivity contribution in [3.05, 3.63) is 221 Å². The van der Waals surface area contributed by atoms with Gasteiger partial charge in [0.2, 0.25) is 35.4 Å². The van der Waals surface area contributed by atoms with Crippen molar-refractivity contribution in [1.29, 1.82) is 0 Å². The minimum atomic E-state index is -1.89. The lowest BCUT2D eigenvalue weighted by Gasteiger charge is -2.33. The van der Waals surface area contributed by atoms with Crippen LogP contribution in [0.2, 0.25) is 0 Å². The van der Waals surface area contributed by atoms with Crippen molar-refractivity contribution in [2.75, 3.05) is 12.4 Å². The number of carboxylic acid groups (broad SMARTS) is 1. The van der Waals surface area contributed by atoms with E-state index in [2.05, 4.69) is 36.9 Å². The average Bonchev–Trinajstić information content (AvgIpc) is 1.43. The lowest BCUT2D eigenvalue weighted by Crippen LogP contribution is -2.55. The summed E-state index contributed by atoms with van der Waals surface area (Å²) in [7, 11) is 1.31. The van der Waals surface area contributed by atoms with Gasteiger partial charge in [0.05, 0.1) is 0 Å². The highest BCUT2D eigenvalue weighted by atomic mass is 19.1. The number of amides is 6. The summed E-state index contributed by atoms with van der Waals surface area (Å²) in [5, 5.41) is 71.9. The standard InChI is InChI=1S/C67H55FN8O14/c1-76-51-26-33-2-20-45(21-3-33)90-54-31-39-27-48(60(54)80)37-10-24-47-40(32-69-49(47)28-37)29-50(71-63(83)55(34-4-16-43(77)17-5-34)70-42-14-12-41(68)13-15-42)61(81)72-56(35-6-18-44(78)19-7-35)64(84)73-57(39)65(85)74-58(66(76)86)36-8-22-46(23-9-36)89-53-30-38(11-25-52(53)79)59(67(87)88)75-62(51)82/h2-25,27-28,30-32,50-51,55-59,69-70,77-80H,26,29H2,1H3,(H,71,83)(H,72,81)(H,73,84)(H,74,85)(H,75,82)(H,87,88)/t50-,51+,55?,56-,57-,58-,59-/m1/s1. The second kappa shape index (κ2) is 24.1. The van der Waals surface area contributed by atoms with Gasteiger partial charge in [0.15, 0.2) is 29.0 Å². The summed E-state index contributed by atoms with van der Waals surface area (Å²) in [6, 6.07) is 28.5. The summed E-state index contributed by atoms with van der Waals surface area (Å²) >= 11 is 0. The molecule has 9 aromatic rings. The molecule has 0 fully saturated rings. The van der Waals surface area contributed by atoms with Crippen LogP contribution in [-0.2, 0) is 46.4 Å². The molecule has 15 rings (SSSR count). The van der Waals surface area contributed by atoms with Crippen molar-refractivity contribution in [2.45, 2.75) is 55.1 Å². The monoisotopic (exact) mass is 1210 g/mol. The Morgan fingerprint density at radius 1 is 0.600 bits per heavy atom. The van der Waals surface area contributed by atoms with Gasteiger partial charge in [0, 0.05) is 48.2 Å². The first kappa shape index (κ1) is 58.5. The Bertz CT molecular complexity index is 4320. The Hall–Kier alpha value is -11.9. The number of aliphatic carboxylic acids is 1. The Balaban J connectivity index is 1.00. The zero-order chi connectivity index (χ0) is 63.1. The van der Waals surface area contributed by atoms with E-state index in [4.69, 9.17) is 9.47 Å². The van der Waals surface area contributed by atoms with Crippen LogP contribution < -0.4 is 41.4 Å². The van der Waals surface area contributed by atoms with E-state index >= 15 is 19.2 Å². The van der Waals surface area contributed by atoms with Gasteiger partial charge in [-0.05, 0) is 148 Å². The molecule has 8 aromatic carbocycles. The third kappa shape index (κ3) is 12.0. The topological polar surface area (TPSA) is 330 Å². The van der Waals surface area contributed by atoms with Crippen LogP contribution in [0.25, 0.3) is 22.0 Å². The molecule has 12 N–H and O–H groups in total. The highest BCUT2D eigenvalue weighted by Gasteiger charge is 2.40. The molecule has 1 unspecified atom stereocenters. The molecule has 0 saturated heterocycles. The Morgan fingerprint density at radius 3 is 1.88 bits per heavy atom. The number of nitrogens with zero attached hydrogens (tertiary/aromatic N) is 1. The summed E-state index contributed by atoms with van der Waals surface area (Å²) in [6.07, 6.45) is 1.20. The van der Waals surface area contributed by atoms with Gasteiger partial charge in [-0.15, -0.1) is 0 Å². The number of benzene rings is 8. The molecule has 90 heavy (non-hydrogen) atoms. The predicted octanol–water partition coefficient (Wildman–Crippen LogP) is 7.79.